The minimum atomic E-state index is -0.271. The van der Waals surface area contributed by atoms with Gasteiger partial charge in [-0.25, -0.2) is 9.67 Å². The lowest BCUT2D eigenvalue weighted by Crippen LogP contribution is -2.29. The van der Waals surface area contributed by atoms with Crippen LogP contribution in [0, 0.1) is 20.8 Å². The first-order valence-electron chi connectivity index (χ1n) is 10.1. The standard InChI is InChI=1S/C22H27N5O2S/c1-12-7-13(2)18(14(3)8-12)24-17(28)9-15-11-30-21-25-19-16(20(29)26(15)21)10-23-27(19)22(4,5)6/h7-8,10,15H,9,11H2,1-6H3,(H,24,28). The molecule has 1 N–H and O–H groups in total. The van der Waals surface area contributed by atoms with Gasteiger partial charge in [-0.05, 0) is 52.7 Å². The SMILES string of the molecule is Cc1cc(C)c(NC(=O)CC2CSc3nc4c(cnn4C(C)(C)C)c(=O)n32)c(C)c1. The van der Waals surface area contributed by atoms with Crippen molar-refractivity contribution >= 4 is 34.4 Å². The summed E-state index contributed by atoms with van der Waals surface area (Å²) >= 11 is 1.52. The van der Waals surface area contributed by atoms with Gasteiger partial charge in [0.25, 0.3) is 5.56 Å². The third-order valence-corrected chi connectivity index (χ3v) is 6.47. The average Bonchev–Trinajstić information content (AvgIpc) is 3.23. The first-order chi connectivity index (χ1) is 14.1. The second-order valence-electron chi connectivity index (χ2n) is 9.02. The molecule has 3 heterocycles. The topological polar surface area (TPSA) is 81.8 Å². The number of benzene rings is 1. The Kier molecular flexibility index (Phi) is 5.00. The highest BCUT2D eigenvalue weighted by Gasteiger charge is 2.30. The number of thioether (sulfide) groups is 1. The molecule has 8 heteroatoms. The fourth-order valence-electron chi connectivity index (χ4n) is 4.05. The van der Waals surface area contributed by atoms with E-state index in [1.54, 1.807) is 15.4 Å². The van der Waals surface area contributed by atoms with E-state index in [1.165, 1.54) is 17.3 Å². The second kappa shape index (κ2) is 7.27. The van der Waals surface area contributed by atoms with Crippen molar-refractivity contribution in [3.8, 4) is 0 Å². The maximum Gasteiger partial charge on any atom is 0.265 e. The molecule has 7 nitrogen and oxygen atoms in total. The van der Waals surface area contributed by atoms with Gasteiger partial charge in [0, 0.05) is 17.9 Å². The molecule has 0 bridgehead atoms. The molecule has 1 amide bonds. The Balaban J connectivity index is 1.62. The van der Waals surface area contributed by atoms with Gasteiger partial charge < -0.3 is 5.32 Å². The summed E-state index contributed by atoms with van der Waals surface area (Å²) in [6.45, 7) is 12.1. The first-order valence-corrected chi connectivity index (χ1v) is 11.1. The van der Waals surface area contributed by atoms with Crippen LogP contribution in [-0.2, 0) is 10.3 Å². The van der Waals surface area contributed by atoms with Crippen LogP contribution in [-0.4, -0.2) is 31.0 Å². The number of aryl methyl sites for hydroxylation is 3. The molecule has 30 heavy (non-hydrogen) atoms. The minimum Gasteiger partial charge on any atom is -0.326 e. The van der Waals surface area contributed by atoms with Gasteiger partial charge in [0.2, 0.25) is 5.91 Å². The normalized spacial score (nSPS) is 16.1. The quantitative estimate of drug-likeness (QED) is 0.643. The van der Waals surface area contributed by atoms with E-state index in [1.807, 2.05) is 41.5 Å². The van der Waals surface area contributed by atoms with Gasteiger partial charge >= 0.3 is 0 Å². The highest BCUT2D eigenvalue weighted by molar-refractivity contribution is 7.99. The Bertz CT molecular complexity index is 1200. The van der Waals surface area contributed by atoms with Crippen molar-refractivity contribution in [3.05, 3.63) is 45.4 Å². The van der Waals surface area contributed by atoms with Gasteiger partial charge in [0.1, 0.15) is 5.39 Å². The predicted molar refractivity (Wildman–Crippen MR) is 120 cm³/mol. The molecule has 4 rings (SSSR count). The molecule has 0 saturated carbocycles. The van der Waals surface area contributed by atoms with Gasteiger partial charge in [-0.15, -0.1) is 0 Å². The van der Waals surface area contributed by atoms with E-state index in [0.717, 1.165) is 16.8 Å². The summed E-state index contributed by atoms with van der Waals surface area (Å²) < 4.78 is 3.45. The number of anilines is 1. The summed E-state index contributed by atoms with van der Waals surface area (Å²) in [6, 6.07) is 3.89. The van der Waals surface area contributed by atoms with Crippen LogP contribution in [0.5, 0.6) is 0 Å². The molecule has 1 atom stereocenters. The lowest BCUT2D eigenvalue weighted by atomic mass is 10.0. The number of aromatic nitrogens is 4. The van der Waals surface area contributed by atoms with E-state index in [4.69, 9.17) is 4.98 Å². The van der Waals surface area contributed by atoms with E-state index in [0.29, 0.717) is 21.9 Å². The van der Waals surface area contributed by atoms with E-state index >= 15 is 0 Å². The van der Waals surface area contributed by atoms with Gasteiger partial charge in [-0.3, -0.25) is 14.2 Å². The summed E-state index contributed by atoms with van der Waals surface area (Å²) in [4.78, 5) is 30.7. The van der Waals surface area contributed by atoms with Crippen molar-refractivity contribution in [2.75, 3.05) is 11.1 Å². The molecule has 1 aliphatic rings. The van der Waals surface area contributed by atoms with Crippen molar-refractivity contribution in [2.24, 2.45) is 0 Å². The summed E-state index contributed by atoms with van der Waals surface area (Å²) in [5.41, 5.74) is 4.30. The first kappa shape index (κ1) is 20.7. The fourth-order valence-corrected chi connectivity index (χ4v) is 5.18. The Hall–Kier alpha value is -2.61. The predicted octanol–water partition coefficient (Wildman–Crippen LogP) is 3.95. The summed E-state index contributed by atoms with van der Waals surface area (Å²) in [6.07, 6.45) is 1.82. The molecule has 1 aliphatic heterocycles. The molecule has 0 saturated heterocycles. The van der Waals surface area contributed by atoms with Crippen LogP contribution in [0.4, 0.5) is 5.69 Å². The Morgan fingerprint density at radius 2 is 1.90 bits per heavy atom. The third-order valence-electron chi connectivity index (χ3n) is 5.37. The lowest BCUT2D eigenvalue weighted by molar-refractivity contribution is -0.116. The van der Waals surface area contributed by atoms with Gasteiger partial charge in [-0.2, -0.15) is 5.10 Å². The van der Waals surface area contributed by atoms with Crippen molar-refractivity contribution in [1.82, 2.24) is 19.3 Å². The minimum absolute atomic E-state index is 0.0964. The molecular formula is C22H27N5O2S. The van der Waals surface area contributed by atoms with Crippen LogP contribution in [0.1, 0.15) is 49.9 Å². The molecule has 1 aromatic carbocycles. The summed E-state index contributed by atoms with van der Waals surface area (Å²) in [5.74, 6) is 0.553. The Morgan fingerprint density at radius 1 is 1.23 bits per heavy atom. The Labute approximate surface area is 179 Å². The largest absolute Gasteiger partial charge is 0.326 e. The van der Waals surface area contributed by atoms with E-state index in [9.17, 15) is 9.59 Å². The van der Waals surface area contributed by atoms with Crippen LogP contribution in [0.2, 0.25) is 0 Å². The van der Waals surface area contributed by atoms with Gasteiger partial charge in [-0.1, -0.05) is 29.5 Å². The molecule has 0 aliphatic carbocycles. The second-order valence-corrected chi connectivity index (χ2v) is 10.0. The van der Waals surface area contributed by atoms with Crippen LogP contribution in [0.25, 0.3) is 11.0 Å². The number of hydrogen-bond donors (Lipinski definition) is 1. The number of rotatable bonds is 3. The number of hydrogen-bond acceptors (Lipinski definition) is 5. The zero-order valence-electron chi connectivity index (χ0n) is 18.2. The molecule has 0 spiro atoms. The average molecular weight is 426 g/mol. The molecular weight excluding hydrogens is 398 g/mol. The monoisotopic (exact) mass is 425 g/mol. The third kappa shape index (κ3) is 3.53. The molecule has 0 radical (unpaired) electrons. The summed E-state index contributed by atoms with van der Waals surface area (Å²) in [7, 11) is 0. The van der Waals surface area contributed by atoms with Crippen LogP contribution in [0.15, 0.2) is 28.3 Å². The van der Waals surface area contributed by atoms with Crippen LogP contribution in [0.3, 0.4) is 0 Å². The zero-order chi connectivity index (χ0) is 21.8. The number of carbonyl (C=O) groups is 1. The number of fused-ring (bicyclic) bond motifs is 2. The highest BCUT2D eigenvalue weighted by atomic mass is 32.2. The van der Waals surface area contributed by atoms with Gasteiger partial charge in [0.15, 0.2) is 10.8 Å². The van der Waals surface area contributed by atoms with E-state index < -0.39 is 0 Å². The van der Waals surface area contributed by atoms with Crippen LogP contribution >= 0.6 is 11.8 Å². The summed E-state index contributed by atoms with van der Waals surface area (Å²) in [5, 5.41) is 8.58. The number of amides is 1. The molecule has 158 valence electrons. The van der Waals surface area contributed by atoms with Crippen LogP contribution < -0.4 is 10.9 Å². The van der Waals surface area contributed by atoms with Crippen molar-refractivity contribution < 1.29 is 4.79 Å². The molecule has 1 unspecified atom stereocenters. The molecule has 3 aromatic rings. The smallest absolute Gasteiger partial charge is 0.265 e. The maximum atomic E-state index is 13.2. The molecule has 2 aromatic heterocycles. The van der Waals surface area contributed by atoms with Crippen molar-refractivity contribution in [1.29, 1.82) is 0 Å². The fraction of sp³-hybridized carbons (Fsp3) is 0.455. The highest BCUT2D eigenvalue weighted by Crippen LogP contribution is 2.34. The van der Waals surface area contributed by atoms with Crippen molar-refractivity contribution in [2.45, 2.75) is 64.7 Å². The number of nitrogens with zero attached hydrogens (tertiary/aromatic N) is 4. The maximum absolute atomic E-state index is 13.2. The lowest BCUT2D eigenvalue weighted by Gasteiger charge is -2.20. The number of nitrogens with one attached hydrogen (secondary N) is 1. The van der Waals surface area contributed by atoms with Crippen molar-refractivity contribution in [3.63, 3.8) is 0 Å². The van der Waals surface area contributed by atoms with E-state index in [-0.39, 0.29) is 29.5 Å². The van der Waals surface area contributed by atoms with E-state index in [2.05, 4.69) is 22.5 Å². The Morgan fingerprint density at radius 3 is 2.53 bits per heavy atom. The molecule has 0 fully saturated rings. The number of carbonyl (C=O) groups excluding carboxylic acids is 1. The van der Waals surface area contributed by atoms with Gasteiger partial charge in [0.05, 0.1) is 17.8 Å². The zero-order valence-corrected chi connectivity index (χ0v) is 19.1.